The van der Waals surface area contributed by atoms with Gasteiger partial charge in [-0.25, -0.2) is 14.4 Å². The number of nitrogens with zero attached hydrogens (tertiary/aromatic N) is 5. The average molecular weight is 513 g/mol. The fourth-order valence-corrected chi connectivity index (χ4v) is 6.58. The predicted molar refractivity (Wildman–Crippen MR) is 141 cm³/mol. The Labute approximate surface area is 211 Å². The highest BCUT2D eigenvalue weighted by atomic mass is 32.2. The Morgan fingerprint density at radius 1 is 1.29 bits per heavy atom. The fraction of sp³-hybridized carbons (Fsp3) is 0.400. The first-order valence-corrected chi connectivity index (χ1v) is 14.2. The molecule has 1 N–H and O–H groups in total. The number of pyridine rings is 2. The first kappa shape index (κ1) is 24.0. The van der Waals surface area contributed by atoms with Crippen molar-refractivity contribution in [3.8, 4) is 17.1 Å². The first-order chi connectivity index (χ1) is 17.1. The van der Waals surface area contributed by atoms with Gasteiger partial charge in [-0.05, 0) is 67.2 Å². The summed E-state index contributed by atoms with van der Waals surface area (Å²) in [6.45, 7) is 4.11. The molecule has 0 aromatic carbocycles. The van der Waals surface area contributed by atoms with Gasteiger partial charge in [-0.15, -0.1) is 0 Å². The summed E-state index contributed by atoms with van der Waals surface area (Å²) in [6.07, 6.45) is 6.65. The Bertz CT molecular complexity index is 1330. The van der Waals surface area contributed by atoms with Crippen molar-refractivity contribution in [1.82, 2.24) is 23.8 Å². The molecule has 0 aliphatic carbocycles. The molecule has 0 unspecified atom stereocenters. The van der Waals surface area contributed by atoms with E-state index < -0.39 is 16.6 Å². The van der Waals surface area contributed by atoms with Gasteiger partial charge in [0.25, 0.3) is 0 Å². The van der Waals surface area contributed by atoms with Gasteiger partial charge in [0.2, 0.25) is 0 Å². The van der Waals surface area contributed by atoms with E-state index in [1.165, 1.54) is 23.2 Å². The van der Waals surface area contributed by atoms with Crippen LogP contribution in [0, 0.1) is 5.82 Å². The number of hydrogen-bond acceptors (Lipinski definition) is 7. The monoisotopic (exact) mass is 512 g/mol. The SMILES string of the molecule is CCN(CCc1cn(-c2ccsn2)c2nc(-c3cnc(NC)c(F)c3)ccc12)C1CCS(=O)CC1. The summed E-state index contributed by atoms with van der Waals surface area (Å²) in [7, 11) is 0.996. The minimum atomic E-state index is -0.649. The third kappa shape index (κ3) is 5.00. The number of fused-ring (bicyclic) bond motifs is 1. The molecule has 0 radical (unpaired) electrons. The van der Waals surface area contributed by atoms with E-state index >= 15 is 0 Å². The number of halogens is 1. The van der Waals surface area contributed by atoms with E-state index in [1.807, 2.05) is 22.1 Å². The molecule has 4 aromatic rings. The van der Waals surface area contributed by atoms with Gasteiger partial charge in [-0.3, -0.25) is 8.78 Å². The second-order valence-electron chi connectivity index (χ2n) is 8.71. The quantitative estimate of drug-likeness (QED) is 0.375. The third-order valence-corrected chi connectivity index (χ3v) is 8.66. The van der Waals surface area contributed by atoms with Crippen LogP contribution in [0.3, 0.4) is 0 Å². The Balaban J connectivity index is 1.47. The van der Waals surface area contributed by atoms with Gasteiger partial charge in [-0.1, -0.05) is 6.92 Å². The molecule has 7 nitrogen and oxygen atoms in total. The molecule has 0 atom stereocenters. The Morgan fingerprint density at radius 2 is 2.11 bits per heavy atom. The second-order valence-corrected chi connectivity index (χ2v) is 11.1. The van der Waals surface area contributed by atoms with Crippen LogP contribution in [0.15, 0.2) is 42.0 Å². The fourth-order valence-electron chi connectivity index (χ4n) is 4.81. The zero-order valence-electron chi connectivity index (χ0n) is 19.9. The van der Waals surface area contributed by atoms with Crippen molar-refractivity contribution >= 4 is 39.2 Å². The van der Waals surface area contributed by atoms with Gasteiger partial charge >= 0.3 is 0 Å². The maximum absolute atomic E-state index is 14.4. The van der Waals surface area contributed by atoms with E-state index in [0.717, 1.165) is 60.7 Å². The molecule has 1 fully saturated rings. The Hall–Kier alpha value is -2.69. The van der Waals surface area contributed by atoms with Gasteiger partial charge in [-0.2, -0.15) is 4.37 Å². The number of nitrogens with one attached hydrogen (secondary N) is 1. The molecular weight excluding hydrogens is 483 g/mol. The molecule has 1 saturated heterocycles. The molecule has 5 rings (SSSR count). The number of hydrogen-bond donors (Lipinski definition) is 1. The lowest BCUT2D eigenvalue weighted by molar-refractivity contribution is 0.196. The van der Waals surface area contributed by atoms with E-state index in [2.05, 4.69) is 38.8 Å². The zero-order valence-corrected chi connectivity index (χ0v) is 21.5. The largest absolute Gasteiger partial charge is 0.371 e. The molecule has 1 aliphatic heterocycles. The summed E-state index contributed by atoms with van der Waals surface area (Å²) in [5.74, 6) is 2.25. The van der Waals surface area contributed by atoms with E-state index in [9.17, 15) is 8.60 Å². The number of aromatic nitrogens is 4. The normalized spacial score (nSPS) is 18.4. The van der Waals surface area contributed by atoms with Crippen LogP contribution in [0.5, 0.6) is 0 Å². The number of likely N-dealkylation sites (N-methyl/N-ethyl adjacent to an activating group) is 1. The van der Waals surface area contributed by atoms with E-state index in [4.69, 9.17) is 4.98 Å². The van der Waals surface area contributed by atoms with Crippen LogP contribution in [0.25, 0.3) is 28.1 Å². The maximum Gasteiger partial charge on any atom is 0.166 e. The van der Waals surface area contributed by atoms with Crippen molar-refractivity contribution in [2.24, 2.45) is 0 Å². The van der Waals surface area contributed by atoms with E-state index in [1.54, 1.807) is 13.2 Å². The second kappa shape index (κ2) is 10.5. The van der Waals surface area contributed by atoms with Crippen LogP contribution < -0.4 is 5.32 Å². The van der Waals surface area contributed by atoms with Crippen molar-refractivity contribution in [3.63, 3.8) is 0 Å². The van der Waals surface area contributed by atoms with Crippen molar-refractivity contribution in [2.45, 2.75) is 32.2 Å². The molecule has 0 amide bonds. The summed E-state index contributed by atoms with van der Waals surface area (Å²) in [6, 6.07) is 7.93. The average Bonchev–Trinajstić information content (AvgIpc) is 3.53. The standard InChI is InChI=1S/C25H29FN6OS2/c1-3-31(19-8-12-35(33)13-9-19)10-6-17-16-32(23-7-11-34-30-23)25-20(17)4-5-22(29-25)18-14-21(26)24(27-2)28-15-18/h4-5,7,11,14-16,19H,3,6,8-10,12-13H2,1-2H3,(H,27,28). The van der Waals surface area contributed by atoms with Gasteiger partial charge in [0, 0.05) is 70.7 Å². The number of rotatable bonds is 8. The zero-order chi connectivity index (χ0) is 24.4. The molecule has 0 saturated carbocycles. The summed E-state index contributed by atoms with van der Waals surface area (Å²) in [5.41, 5.74) is 3.30. The molecule has 0 bridgehead atoms. The highest BCUT2D eigenvalue weighted by molar-refractivity contribution is 7.85. The van der Waals surface area contributed by atoms with Crippen LogP contribution in [0.1, 0.15) is 25.3 Å². The van der Waals surface area contributed by atoms with Crippen molar-refractivity contribution in [1.29, 1.82) is 0 Å². The van der Waals surface area contributed by atoms with Crippen molar-refractivity contribution in [2.75, 3.05) is 37.0 Å². The summed E-state index contributed by atoms with van der Waals surface area (Å²) < 4.78 is 32.7. The Kier molecular flexibility index (Phi) is 7.22. The molecule has 1 aliphatic rings. The topological polar surface area (TPSA) is 75.9 Å². The summed E-state index contributed by atoms with van der Waals surface area (Å²) in [4.78, 5) is 11.6. The lowest BCUT2D eigenvalue weighted by Gasteiger charge is -2.33. The van der Waals surface area contributed by atoms with Crippen LogP contribution >= 0.6 is 11.5 Å². The van der Waals surface area contributed by atoms with E-state index in [-0.39, 0.29) is 5.82 Å². The van der Waals surface area contributed by atoms with Crippen molar-refractivity contribution < 1.29 is 8.60 Å². The van der Waals surface area contributed by atoms with Crippen LogP contribution in [-0.2, 0) is 17.2 Å². The minimum Gasteiger partial charge on any atom is -0.371 e. The smallest absolute Gasteiger partial charge is 0.166 e. The maximum atomic E-state index is 14.4. The Morgan fingerprint density at radius 3 is 2.80 bits per heavy atom. The molecule has 4 aromatic heterocycles. The lowest BCUT2D eigenvalue weighted by atomic mass is 10.1. The van der Waals surface area contributed by atoms with Crippen LogP contribution in [-0.4, -0.2) is 65.7 Å². The highest BCUT2D eigenvalue weighted by Gasteiger charge is 2.23. The number of anilines is 1. The predicted octanol–water partition coefficient (Wildman–Crippen LogP) is 4.50. The van der Waals surface area contributed by atoms with Crippen molar-refractivity contribution in [3.05, 3.63) is 53.4 Å². The van der Waals surface area contributed by atoms with Gasteiger partial charge in [0.1, 0.15) is 5.65 Å². The highest BCUT2D eigenvalue weighted by Crippen LogP contribution is 2.29. The third-order valence-electron chi connectivity index (χ3n) is 6.73. The first-order valence-electron chi connectivity index (χ1n) is 11.9. The van der Waals surface area contributed by atoms with Gasteiger partial charge < -0.3 is 10.2 Å². The van der Waals surface area contributed by atoms with E-state index in [0.29, 0.717) is 17.3 Å². The van der Waals surface area contributed by atoms with Crippen LogP contribution in [0.4, 0.5) is 10.2 Å². The minimum absolute atomic E-state index is 0.215. The molecule has 10 heteroatoms. The summed E-state index contributed by atoms with van der Waals surface area (Å²) in [5, 5.41) is 5.77. The molecule has 35 heavy (non-hydrogen) atoms. The molecule has 0 spiro atoms. The van der Waals surface area contributed by atoms with Gasteiger partial charge in [0.15, 0.2) is 17.5 Å². The molecular formula is C25H29FN6OS2. The molecule has 184 valence electrons. The van der Waals surface area contributed by atoms with Crippen LogP contribution in [0.2, 0.25) is 0 Å². The molecule has 5 heterocycles. The lowest BCUT2D eigenvalue weighted by Crippen LogP contribution is -2.41. The van der Waals surface area contributed by atoms with Gasteiger partial charge in [0.05, 0.1) is 5.69 Å². The summed E-state index contributed by atoms with van der Waals surface area (Å²) >= 11 is 1.40.